The van der Waals surface area contributed by atoms with E-state index in [-0.39, 0.29) is 24.0 Å². The van der Waals surface area contributed by atoms with Crippen LogP contribution in [0.5, 0.6) is 0 Å². The highest BCUT2D eigenvalue weighted by molar-refractivity contribution is 5.94. The van der Waals surface area contributed by atoms with E-state index in [2.05, 4.69) is 0 Å². The molecule has 0 aromatic heterocycles. The first kappa shape index (κ1) is 20.3. The van der Waals surface area contributed by atoms with E-state index in [9.17, 15) is 14.0 Å². The lowest BCUT2D eigenvalue weighted by atomic mass is 9.87. The Hall–Kier alpha value is -1.71. The molecule has 0 radical (unpaired) electrons. The summed E-state index contributed by atoms with van der Waals surface area (Å²) in [5, 5.41) is 8.57. The van der Waals surface area contributed by atoms with Crippen molar-refractivity contribution in [3.05, 3.63) is 36.5 Å². The molecule has 1 aliphatic carbocycles. The summed E-state index contributed by atoms with van der Waals surface area (Å²) in [5.74, 6) is -0.633. The zero-order valence-electron chi connectivity index (χ0n) is 14.5. The van der Waals surface area contributed by atoms with Gasteiger partial charge in [0, 0.05) is 12.3 Å². The molecule has 0 fully saturated rings. The maximum Gasteiger partial charge on any atom is 0.303 e. The summed E-state index contributed by atoms with van der Waals surface area (Å²) in [7, 11) is 0. The molecule has 134 valence electrons. The third kappa shape index (κ3) is 8.23. The number of hydrogen-bond acceptors (Lipinski definition) is 2. The Bertz CT molecular complexity index is 479. The van der Waals surface area contributed by atoms with Gasteiger partial charge in [0.05, 0.1) is 0 Å². The van der Waals surface area contributed by atoms with Gasteiger partial charge in [0.2, 0.25) is 0 Å². The SMILES string of the molecule is CC/C=C\C[C@H](F)CCC1C(=O)C=C[C@@H]1C/C=C\CCCC(=O)O. The van der Waals surface area contributed by atoms with Crippen LogP contribution in [0, 0.1) is 11.8 Å². The Labute approximate surface area is 144 Å². The van der Waals surface area contributed by atoms with Crippen molar-refractivity contribution < 1.29 is 19.1 Å². The van der Waals surface area contributed by atoms with Crippen LogP contribution in [-0.4, -0.2) is 23.0 Å². The second-order valence-electron chi connectivity index (χ2n) is 6.31. The number of ketones is 1. The predicted octanol–water partition coefficient (Wildman–Crippen LogP) is 5.03. The standard InChI is InChI=1S/C20H29FO3/c1-2-3-6-10-17(21)13-14-18-16(12-15-19(18)22)9-7-4-5-8-11-20(23)24/h3-4,6-7,12,15-18H,2,5,8-11,13-14H2,1H3,(H,23,24)/b6-3-,7-4-/t16-,17-,18?/m0/s1. The van der Waals surface area contributed by atoms with Crippen molar-refractivity contribution in [1.82, 2.24) is 0 Å². The van der Waals surface area contributed by atoms with Crippen molar-refractivity contribution in [3.8, 4) is 0 Å². The van der Waals surface area contributed by atoms with Gasteiger partial charge in [-0.3, -0.25) is 9.59 Å². The maximum absolute atomic E-state index is 13.8. The van der Waals surface area contributed by atoms with Crippen molar-refractivity contribution in [3.63, 3.8) is 0 Å². The van der Waals surface area contributed by atoms with Crippen LogP contribution in [0.2, 0.25) is 0 Å². The lowest BCUT2D eigenvalue weighted by molar-refractivity contribution is -0.137. The van der Waals surface area contributed by atoms with Gasteiger partial charge >= 0.3 is 5.97 Å². The molecular weight excluding hydrogens is 307 g/mol. The predicted molar refractivity (Wildman–Crippen MR) is 94.5 cm³/mol. The Morgan fingerprint density at radius 2 is 2.12 bits per heavy atom. The van der Waals surface area contributed by atoms with Crippen molar-refractivity contribution >= 4 is 11.8 Å². The van der Waals surface area contributed by atoms with Crippen LogP contribution >= 0.6 is 0 Å². The number of carbonyl (C=O) groups excluding carboxylic acids is 1. The van der Waals surface area contributed by atoms with Gasteiger partial charge in [-0.25, -0.2) is 4.39 Å². The normalized spacial score (nSPS) is 22.0. The van der Waals surface area contributed by atoms with Crippen molar-refractivity contribution in [2.75, 3.05) is 0 Å². The molecule has 0 aromatic rings. The second kappa shape index (κ2) is 11.8. The van der Waals surface area contributed by atoms with Crippen LogP contribution in [0.1, 0.15) is 58.3 Å². The lowest BCUT2D eigenvalue weighted by Crippen LogP contribution is -2.17. The molecule has 3 atom stereocenters. The number of carboxylic acids is 1. The molecule has 0 amide bonds. The average Bonchev–Trinajstić information content (AvgIpc) is 2.89. The van der Waals surface area contributed by atoms with Crippen LogP contribution in [-0.2, 0) is 9.59 Å². The summed E-state index contributed by atoms with van der Waals surface area (Å²) >= 11 is 0. The first-order valence-corrected chi connectivity index (χ1v) is 8.92. The van der Waals surface area contributed by atoms with Gasteiger partial charge in [0.25, 0.3) is 0 Å². The molecule has 1 unspecified atom stereocenters. The summed E-state index contributed by atoms with van der Waals surface area (Å²) < 4.78 is 13.8. The Morgan fingerprint density at radius 1 is 1.33 bits per heavy atom. The number of rotatable bonds is 12. The molecule has 0 saturated carbocycles. The fraction of sp³-hybridized carbons (Fsp3) is 0.600. The van der Waals surface area contributed by atoms with E-state index in [0.29, 0.717) is 25.7 Å². The number of carbonyl (C=O) groups is 2. The van der Waals surface area contributed by atoms with Crippen LogP contribution in [0.4, 0.5) is 4.39 Å². The van der Waals surface area contributed by atoms with Gasteiger partial charge in [-0.2, -0.15) is 0 Å². The van der Waals surface area contributed by atoms with E-state index in [4.69, 9.17) is 5.11 Å². The van der Waals surface area contributed by atoms with Crippen LogP contribution in [0.25, 0.3) is 0 Å². The monoisotopic (exact) mass is 336 g/mol. The van der Waals surface area contributed by atoms with E-state index in [1.165, 1.54) is 0 Å². The number of hydrogen-bond donors (Lipinski definition) is 1. The minimum absolute atomic E-state index is 0.107. The number of halogens is 1. The van der Waals surface area contributed by atoms with Crippen molar-refractivity contribution in [1.29, 1.82) is 0 Å². The molecular formula is C20H29FO3. The highest BCUT2D eigenvalue weighted by Gasteiger charge is 2.29. The first-order valence-electron chi connectivity index (χ1n) is 8.92. The maximum atomic E-state index is 13.8. The Morgan fingerprint density at radius 3 is 2.83 bits per heavy atom. The molecule has 0 saturated heterocycles. The topological polar surface area (TPSA) is 54.4 Å². The lowest BCUT2D eigenvalue weighted by Gasteiger charge is -2.17. The highest BCUT2D eigenvalue weighted by Crippen LogP contribution is 2.31. The Kier molecular flexibility index (Phi) is 9.97. The third-order valence-corrected chi connectivity index (χ3v) is 4.31. The minimum atomic E-state index is -0.881. The molecule has 0 aliphatic heterocycles. The van der Waals surface area contributed by atoms with Crippen molar-refractivity contribution in [2.45, 2.75) is 64.5 Å². The fourth-order valence-corrected chi connectivity index (χ4v) is 2.92. The molecule has 0 bridgehead atoms. The Balaban J connectivity index is 2.32. The third-order valence-electron chi connectivity index (χ3n) is 4.31. The van der Waals surface area contributed by atoms with Gasteiger partial charge in [0.15, 0.2) is 5.78 Å². The molecule has 24 heavy (non-hydrogen) atoms. The summed E-state index contributed by atoms with van der Waals surface area (Å²) in [6.07, 6.45) is 15.1. The largest absolute Gasteiger partial charge is 0.481 e. The fourth-order valence-electron chi connectivity index (χ4n) is 2.92. The zero-order valence-corrected chi connectivity index (χ0v) is 14.5. The molecule has 0 spiro atoms. The summed E-state index contributed by atoms with van der Waals surface area (Å²) in [6, 6.07) is 0. The van der Waals surface area contributed by atoms with Gasteiger partial charge in [-0.05, 0) is 56.9 Å². The smallest absolute Gasteiger partial charge is 0.303 e. The van der Waals surface area contributed by atoms with Crippen LogP contribution in [0.3, 0.4) is 0 Å². The van der Waals surface area contributed by atoms with E-state index < -0.39 is 12.1 Å². The van der Waals surface area contributed by atoms with E-state index in [1.807, 2.05) is 37.3 Å². The minimum Gasteiger partial charge on any atom is -0.481 e. The van der Waals surface area contributed by atoms with Gasteiger partial charge in [-0.1, -0.05) is 37.3 Å². The van der Waals surface area contributed by atoms with Gasteiger partial charge < -0.3 is 5.11 Å². The average molecular weight is 336 g/mol. The number of alkyl halides is 1. The molecule has 4 heteroatoms. The summed E-state index contributed by atoms with van der Waals surface area (Å²) in [4.78, 5) is 22.4. The zero-order chi connectivity index (χ0) is 17.8. The summed E-state index contributed by atoms with van der Waals surface area (Å²) in [5.41, 5.74) is 0. The molecule has 1 aliphatic rings. The highest BCUT2D eigenvalue weighted by atomic mass is 19.1. The number of allylic oxidation sites excluding steroid dienone is 6. The van der Waals surface area contributed by atoms with E-state index in [1.54, 1.807) is 6.08 Å². The van der Waals surface area contributed by atoms with E-state index in [0.717, 1.165) is 19.3 Å². The summed E-state index contributed by atoms with van der Waals surface area (Å²) in [6.45, 7) is 2.02. The molecule has 3 nitrogen and oxygen atoms in total. The molecule has 0 heterocycles. The van der Waals surface area contributed by atoms with E-state index >= 15 is 0 Å². The quantitative estimate of drug-likeness (QED) is 0.401. The second-order valence-corrected chi connectivity index (χ2v) is 6.31. The molecule has 0 aromatic carbocycles. The van der Waals surface area contributed by atoms with Crippen LogP contribution in [0.15, 0.2) is 36.5 Å². The number of aliphatic carboxylic acids is 1. The van der Waals surface area contributed by atoms with Crippen molar-refractivity contribution in [2.24, 2.45) is 11.8 Å². The molecule has 1 rings (SSSR count). The number of unbranched alkanes of at least 4 members (excludes halogenated alkanes) is 1. The van der Waals surface area contributed by atoms with Crippen LogP contribution < -0.4 is 0 Å². The molecule has 1 N–H and O–H groups in total. The van der Waals surface area contributed by atoms with Gasteiger partial charge in [-0.15, -0.1) is 0 Å². The first-order chi connectivity index (χ1) is 11.5. The number of carboxylic acid groups (broad SMARTS) is 1. The van der Waals surface area contributed by atoms with Gasteiger partial charge in [0.1, 0.15) is 6.17 Å².